The zero-order valence-electron chi connectivity index (χ0n) is 5.77. The molecular formula is C8H3F3O. The van der Waals surface area contributed by atoms with E-state index in [1.807, 2.05) is 0 Å². The molecule has 0 bridgehead atoms. The second-order valence-corrected chi connectivity index (χ2v) is 2.08. The van der Waals surface area contributed by atoms with Crippen LogP contribution in [0.1, 0.15) is 15.9 Å². The summed E-state index contributed by atoms with van der Waals surface area (Å²) in [7, 11) is 0. The number of carbonyl (C=O) groups excluding carboxylic acids is 1. The number of aldehydes is 1. The van der Waals surface area contributed by atoms with Gasteiger partial charge in [-0.3, -0.25) is 4.79 Å². The number of rotatable bonds is 1. The van der Waals surface area contributed by atoms with Gasteiger partial charge < -0.3 is 0 Å². The molecule has 0 aliphatic carbocycles. The van der Waals surface area contributed by atoms with Gasteiger partial charge in [-0.15, -0.1) is 0 Å². The molecule has 0 amide bonds. The summed E-state index contributed by atoms with van der Waals surface area (Å²) in [6, 6.07) is 5.82. The van der Waals surface area contributed by atoms with E-state index in [-0.39, 0.29) is 5.56 Å². The van der Waals surface area contributed by atoms with E-state index in [0.29, 0.717) is 6.29 Å². The van der Waals surface area contributed by atoms with E-state index in [0.717, 1.165) is 12.1 Å². The van der Waals surface area contributed by atoms with Crippen molar-refractivity contribution in [1.29, 1.82) is 0 Å². The molecule has 0 radical (unpaired) electrons. The van der Waals surface area contributed by atoms with Gasteiger partial charge in [-0.1, -0.05) is 12.1 Å². The molecule has 1 rings (SSSR count). The van der Waals surface area contributed by atoms with E-state index < -0.39 is 11.7 Å². The fourth-order valence-corrected chi connectivity index (χ4v) is 0.670. The van der Waals surface area contributed by atoms with Crippen molar-refractivity contribution in [3.05, 3.63) is 35.4 Å². The molecule has 0 saturated carbocycles. The Labute approximate surface area is 66.8 Å². The third kappa shape index (κ3) is 1.76. The first-order valence-corrected chi connectivity index (χ1v) is 3.00. The molecule has 0 fully saturated rings. The lowest BCUT2D eigenvalue weighted by atomic mass is 10.2. The van der Waals surface area contributed by atoms with E-state index in [9.17, 15) is 18.0 Å². The van der Waals surface area contributed by atoms with Crippen LogP contribution in [0.15, 0.2) is 12.1 Å². The summed E-state index contributed by atoms with van der Waals surface area (Å²) in [6.45, 7) is 0. The highest BCUT2D eigenvalue weighted by Gasteiger charge is 2.30. The van der Waals surface area contributed by atoms with E-state index in [1.54, 1.807) is 0 Å². The first kappa shape index (κ1) is 8.60. The molecule has 0 spiro atoms. The third-order valence-electron chi connectivity index (χ3n) is 1.21. The number of carbonyl (C=O) groups is 1. The minimum Gasteiger partial charge on any atom is -0.297 e. The van der Waals surface area contributed by atoms with Gasteiger partial charge in [0.25, 0.3) is 0 Å². The van der Waals surface area contributed by atoms with Crippen LogP contribution in [-0.2, 0) is 6.18 Å². The molecule has 0 aliphatic rings. The maximum absolute atomic E-state index is 12.0. The summed E-state index contributed by atoms with van der Waals surface area (Å²) in [5.74, 6) is 0. The maximum Gasteiger partial charge on any atom is 0.417 e. The van der Waals surface area contributed by atoms with Crippen LogP contribution < -0.4 is 0 Å². The monoisotopic (exact) mass is 172 g/mol. The zero-order valence-corrected chi connectivity index (χ0v) is 5.77. The van der Waals surface area contributed by atoms with Crippen LogP contribution in [0.3, 0.4) is 0 Å². The number of alkyl halides is 3. The first-order chi connectivity index (χ1) is 5.54. The summed E-state index contributed by atoms with van der Waals surface area (Å²) in [4.78, 5) is 10.1. The van der Waals surface area contributed by atoms with Crippen molar-refractivity contribution in [3.8, 4) is 0 Å². The van der Waals surface area contributed by atoms with Crippen LogP contribution in [0.2, 0.25) is 0 Å². The minimum absolute atomic E-state index is 0.148. The predicted molar refractivity (Wildman–Crippen MR) is 34.5 cm³/mol. The molecule has 0 N–H and O–H groups in total. The second kappa shape index (κ2) is 2.86. The van der Waals surface area contributed by atoms with Gasteiger partial charge >= 0.3 is 6.18 Å². The SMILES string of the molecule is O=Cc1c#ccc(C(F)(F)F)c1. The molecule has 0 aromatic heterocycles. The molecule has 62 valence electrons. The number of hydrogen-bond acceptors (Lipinski definition) is 1. The second-order valence-electron chi connectivity index (χ2n) is 2.08. The van der Waals surface area contributed by atoms with Crippen LogP contribution in [0.4, 0.5) is 13.2 Å². The van der Waals surface area contributed by atoms with Gasteiger partial charge in [0.1, 0.15) is 0 Å². The summed E-state index contributed by atoms with van der Waals surface area (Å²) >= 11 is 0. The lowest BCUT2D eigenvalue weighted by Crippen LogP contribution is -2.04. The van der Waals surface area contributed by atoms with E-state index in [4.69, 9.17) is 0 Å². The van der Waals surface area contributed by atoms with Gasteiger partial charge in [0, 0.05) is 6.07 Å². The van der Waals surface area contributed by atoms with Crippen LogP contribution in [-0.4, -0.2) is 6.29 Å². The summed E-state index contributed by atoms with van der Waals surface area (Å²) < 4.78 is 35.9. The summed E-state index contributed by atoms with van der Waals surface area (Å²) in [6.07, 6.45) is -4.13. The van der Waals surface area contributed by atoms with E-state index in [2.05, 4.69) is 12.1 Å². The van der Waals surface area contributed by atoms with Gasteiger partial charge in [0.15, 0.2) is 6.29 Å². The molecular weight excluding hydrogens is 169 g/mol. The Balaban J connectivity index is 3.10. The standard InChI is InChI=1S/C8H3F3O/c9-8(10,11)7-3-1-2-6(4-7)5-12/h3-5H. The van der Waals surface area contributed by atoms with Crippen molar-refractivity contribution in [2.75, 3.05) is 0 Å². The van der Waals surface area contributed by atoms with Gasteiger partial charge in [-0.2, -0.15) is 13.2 Å². The minimum atomic E-state index is -4.43. The first-order valence-electron chi connectivity index (χ1n) is 3.00. The zero-order chi connectivity index (χ0) is 9.19. The normalized spacial score (nSPS) is 10.6. The van der Waals surface area contributed by atoms with Crippen molar-refractivity contribution in [2.45, 2.75) is 6.18 Å². The fourth-order valence-electron chi connectivity index (χ4n) is 0.670. The molecule has 0 atom stereocenters. The Hall–Kier alpha value is -1.50. The molecule has 12 heavy (non-hydrogen) atoms. The molecule has 1 aromatic carbocycles. The van der Waals surface area contributed by atoms with E-state index >= 15 is 0 Å². The Kier molecular flexibility index (Phi) is 2.05. The van der Waals surface area contributed by atoms with Crippen molar-refractivity contribution in [3.63, 3.8) is 0 Å². The van der Waals surface area contributed by atoms with Crippen molar-refractivity contribution >= 4 is 6.29 Å². The highest BCUT2D eigenvalue weighted by molar-refractivity contribution is 5.73. The fraction of sp³-hybridized carbons (Fsp3) is 0.125. The van der Waals surface area contributed by atoms with Gasteiger partial charge in [-0.05, 0) is 6.07 Å². The van der Waals surface area contributed by atoms with Crippen LogP contribution in [0, 0.1) is 12.1 Å². The molecule has 4 heteroatoms. The van der Waals surface area contributed by atoms with Crippen molar-refractivity contribution in [2.24, 2.45) is 0 Å². The van der Waals surface area contributed by atoms with Gasteiger partial charge in [-0.25, -0.2) is 0 Å². The summed E-state index contributed by atoms with van der Waals surface area (Å²) in [5.41, 5.74) is -1.03. The average Bonchev–Trinajstić information content (AvgIpc) is 2.03. The Morgan fingerprint density at radius 2 is 2.08 bits per heavy atom. The van der Waals surface area contributed by atoms with Gasteiger partial charge in [0.05, 0.1) is 11.1 Å². The highest BCUT2D eigenvalue weighted by atomic mass is 19.4. The van der Waals surface area contributed by atoms with Crippen LogP contribution in [0.5, 0.6) is 0 Å². The maximum atomic E-state index is 12.0. The largest absolute Gasteiger partial charge is 0.417 e. The van der Waals surface area contributed by atoms with Crippen molar-refractivity contribution in [1.82, 2.24) is 0 Å². The molecule has 0 heterocycles. The topological polar surface area (TPSA) is 17.1 Å². The highest BCUT2D eigenvalue weighted by Crippen LogP contribution is 2.28. The number of halogens is 3. The van der Waals surface area contributed by atoms with Crippen LogP contribution in [0.25, 0.3) is 0 Å². The number of hydrogen-bond donors (Lipinski definition) is 0. The molecule has 0 saturated heterocycles. The average molecular weight is 172 g/mol. The Morgan fingerprint density at radius 3 is 2.58 bits per heavy atom. The van der Waals surface area contributed by atoms with Crippen LogP contribution >= 0.6 is 0 Å². The Morgan fingerprint density at radius 1 is 1.42 bits per heavy atom. The predicted octanol–water partition coefficient (Wildman–Crippen LogP) is 2.12. The molecule has 1 nitrogen and oxygen atoms in total. The Bertz CT molecular complexity index is 291. The summed E-state index contributed by atoms with van der Waals surface area (Å²) in [5, 5.41) is 0. The van der Waals surface area contributed by atoms with Crippen molar-refractivity contribution < 1.29 is 18.0 Å². The third-order valence-corrected chi connectivity index (χ3v) is 1.21. The smallest absolute Gasteiger partial charge is 0.297 e. The molecule has 0 unspecified atom stereocenters. The quantitative estimate of drug-likeness (QED) is 0.593. The lowest BCUT2D eigenvalue weighted by Gasteiger charge is -2.03. The van der Waals surface area contributed by atoms with Gasteiger partial charge in [0.2, 0.25) is 0 Å². The molecule has 1 aromatic rings. The van der Waals surface area contributed by atoms with E-state index in [1.165, 1.54) is 0 Å². The molecule has 0 aliphatic heterocycles. The lowest BCUT2D eigenvalue weighted by molar-refractivity contribution is -0.137.